The Morgan fingerprint density at radius 2 is 2.05 bits per heavy atom. The molecule has 0 spiro atoms. The standard InChI is InChI=1S/C27H32N6O3S/c1-3-18-15-21(34)6-8-22(18)20-5-7-23-24(16-20)31-32-26(23)27-28-17-25(30-27)19-9-13-33(14-10-19)12-4-11-29-37(2,35)36/h5-9,15-17,29,34H,3-4,10-14H2,1-2H3,(H,28,30)(H,31,32). The smallest absolute Gasteiger partial charge is 0.208 e. The first kappa shape index (κ1) is 25.2. The number of nitrogens with zero attached hydrogens (tertiary/aromatic N) is 3. The van der Waals surface area contributed by atoms with Gasteiger partial charge in [-0.1, -0.05) is 25.1 Å². The molecule has 2 aromatic carbocycles. The maximum Gasteiger partial charge on any atom is 0.208 e. The lowest BCUT2D eigenvalue weighted by molar-refractivity contribution is 0.298. The second-order valence-corrected chi connectivity index (χ2v) is 11.3. The molecule has 1 aliphatic rings. The maximum absolute atomic E-state index is 11.2. The van der Waals surface area contributed by atoms with Crippen LogP contribution in [0, 0.1) is 0 Å². The number of rotatable bonds is 9. The molecular weight excluding hydrogens is 488 g/mol. The van der Waals surface area contributed by atoms with Crippen molar-refractivity contribution >= 4 is 26.5 Å². The molecular formula is C27H32N6O3S. The molecule has 2 aromatic heterocycles. The van der Waals surface area contributed by atoms with Crippen LogP contribution in [0.3, 0.4) is 0 Å². The Labute approximate surface area is 216 Å². The molecule has 0 amide bonds. The average Bonchev–Trinajstić information content (AvgIpc) is 3.53. The second-order valence-electron chi connectivity index (χ2n) is 9.46. The van der Waals surface area contributed by atoms with E-state index in [2.05, 4.69) is 56.0 Å². The minimum Gasteiger partial charge on any atom is -0.508 e. The van der Waals surface area contributed by atoms with Gasteiger partial charge in [-0.2, -0.15) is 5.10 Å². The van der Waals surface area contributed by atoms with Gasteiger partial charge < -0.3 is 10.1 Å². The monoisotopic (exact) mass is 520 g/mol. The lowest BCUT2D eigenvalue weighted by Crippen LogP contribution is -2.32. The molecule has 0 atom stereocenters. The topological polar surface area (TPSA) is 127 Å². The van der Waals surface area contributed by atoms with Gasteiger partial charge >= 0.3 is 0 Å². The summed E-state index contributed by atoms with van der Waals surface area (Å²) < 4.78 is 24.9. The SMILES string of the molecule is CCc1cc(O)ccc1-c1ccc2c(-c3nc(C4=CCN(CCCNS(C)(=O)=O)CC4)c[nH]3)n[nH]c2c1. The maximum atomic E-state index is 11.2. The molecule has 1 aliphatic heterocycles. The Bertz CT molecular complexity index is 1550. The van der Waals surface area contributed by atoms with E-state index in [4.69, 9.17) is 4.98 Å². The Kier molecular flexibility index (Phi) is 7.14. The van der Waals surface area contributed by atoms with E-state index in [9.17, 15) is 13.5 Å². The minimum atomic E-state index is -3.13. The highest BCUT2D eigenvalue weighted by molar-refractivity contribution is 7.88. The van der Waals surface area contributed by atoms with Gasteiger partial charge in [-0.3, -0.25) is 10.00 Å². The first-order valence-electron chi connectivity index (χ1n) is 12.5. The highest BCUT2D eigenvalue weighted by Gasteiger charge is 2.18. The van der Waals surface area contributed by atoms with Crippen LogP contribution in [0.25, 0.3) is 39.1 Å². The fraction of sp³-hybridized carbons (Fsp3) is 0.333. The zero-order valence-corrected chi connectivity index (χ0v) is 21.9. The number of H-pyrrole nitrogens is 2. The van der Waals surface area contributed by atoms with Gasteiger partial charge in [0.1, 0.15) is 11.4 Å². The van der Waals surface area contributed by atoms with E-state index in [0.29, 0.717) is 6.54 Å². The molecule has 0 saturated carbocycles. The van der Waals surface area contributed by atoms with Crippen LogP contribution in [-0.4, -0.2) is 71.0 Å². The van der Waals surface area contributed by atoms with Gasteiger partial charge in [0.2, 0.25) is 10.0 Å². The molecule has 3 heterocycles. The van der Waals surface area contributed by atoms with Crippen molar-refractivity contribution in [3.05, 3.63) is 59.9 Å². The molecule has 37 heavy (non-hydrogen) atoms. The van der Waals surface area contributed by atoms with Crippen molar-refractivity contribution < 1.29 is 13.5 Å². The van der Waals surface area contributed by atoms with Gasteiger partial charge in [0.05, 0.1) is 17.5 Å². The number of hydrogen-bond donors (Lipinski definition) is 4. The van der Waals surface area contributed by atoms with Gasteiger partial charge in [0.25, 0.3) is 0 Å². The molecule has 0 saturated heterocycles. The predicted molar refractivity (Wildman–Crippen MR) is 147 cm³/mol. The number of sulfonamides is 1. The summed E-state index contributed by atoms with van der Waals surface area (Å²) in [5.74, 6) is 1.00. The number of hydrogen-bond acceptors (Lipinski definition) is 6. The van der Waals surface area contributed by atoms with E-state index in [1.165, 1.54) is 11.8 Å². The van der Waals surface area contributed by atoms with Crippen molar-refractivity contribution in [3.8, 4) is 28.4 Å². The van der Waals surface area contributed by atoms with Crippen molar-refractivity contribution in [2.24, 2.45) is 0 Å². The molecule has 5 rings (SSSR count). The number of aromatic amines is 2. The summed E-state index contributed by atoms with van der Waals surface area (Å²) >= 11 is 0. The molecule has 194 valence electrons. The highest BCUT2D eigenvalue weighted by atomic mass is 32.2. The number of fused-ring (bicyclic) bond motifs is 1. The summed E-state index contributed by atoms with van der Waals surface area (Å²) in [5, 5.41) is 18.5. The normalized spacial score (nSPS) is 14.8. The third-order valence-electron chi connectivity index (χ3n) is 6.78. The van der Waals surface area contributed by atoms with Crippen molar-refractivity contribution in [3.63, 3.8) is 0 Å². The van der Waals surface area contributed by atoms with Gasteiger partial charge in [-0.15, -0.1) is 0 Å². The van der Waals surface area contributed by atoms with Crippen LogP contribution in [0.1, 0.15) is 31.0 Å². The van der Waals surface area contributed by atoms with Crippen LogP contribution >= 0.6 is 0 Å². The van der Waals surface area contributed by atoms with Crippen LogP contribution in [-0.2, 0) is 16.4 Å². The number of nitrogens with one attached hydrogen (secondary N) is 3. The summed E-state index contributed by atoms with van der Waals surface area (Å²) in [4.78, 5) is 10.5. The van der Waals surface area contributed by atoms with E-state index >= 15 is 0 Å². The Hall–Kier alpha value is -3.47. The molecule has 0 bridgehead atoms. The molecule has 4 N–H and O–H groups in total. The molecule has 0 radical (unpaired) electrons. The summed E-state index contributed by atoms with van der Waals surface area (Å²) in [7, 11) is -3.13. The van der Waals surface area contributed by atoms with Crippen LogP contribution in [0.15, 0.2) is 48.7 Å². The van der Waals surface area contributed by atoms with Crippen LogP contribution in [0.5, 0.6) is 5.75 Å². The minimum absolute atomic E-state index is 0.279. The van der Waals surface area contributed by atoms with E-state index < -0.39 is 10.0 Å². The molecule has 10 heteroatoms. The number of aromatic hydroxyl groups is 1. The third-order valence-corrected chi connectivity index (χ3v) is 7.51. The summed E-state index contributed by atoms with van der Waals surface area (Å²) in [6.45, 7) is 5.13. The average molecular weight is 521 g/mol. The van der Waals surface area contributed by atoms with Gasteiger partial charge in [-0.25, -0.2) is 18.1 Å². The zero-order chi connectivity index (χ0) is 26.0. The van der Waals surface area contributed by atoms with Crippen molar-refractivity contribution in [2.45, 2.75) is 26.2 Å². The summed E-state index contributed by atoms with van der Waals surface area (Å²) in [6.07, 6.45) is 7.82. The quantitative estimate of drug-likeness (QED) is 0.248. The molecule has 4 aromatic rings. The third kappa shape index (κ3) is 5.76. The van der Waals surface area contributed by atoms with Crippen LogP contribution in [0.2, 0.25) is 0 Å². The Morgan fingerprint density at radius 3 is 2.81 bits per heavy atom. The van der Waals surface area contributed by atoms with E-state index in [-0.39, 0.29) is 5.75 Å². The summed E-state index contributed by atoms with van der Waals surface area (Å²) in [5.41, 5.74) is 7.11. The van der Waals surface area contributed by atoms with E-state index in [0.717, 1.165) is 83.7 Å². The summed E-state index contributed by atoms with van der Waals surface area (Å²) in [6, 6.07) is 11.7. The number of benzene rings is 2. The molecule has 9 nitrogen and oxygen atoms in total. The lowest BCUT2D eigenvalue weighted by atomic mass is 9.97. The van der Waals surface area contributed by atoms with Crippen molar-refractivity contribution in [2.75, 3.05) is 32.4 Å². The van der Waals surface area contributed by atoms with Crippen LogP contribution < -0.4 is 4.72 Å². The molecule has 0 aliphatic carbocycles. The number of aromatic nitrogens is 4. The number of phenols is 1. The van der Waals surface area contributed by atoms with Crippen molar-refractivity contribution in [1.82, 2.24) is 29.8 Å². The lowest BCUT2D eigenvalue weighted by Gasteiger charge is -2.25. The number of phenolic OH excluding ortho intramolecular Hbond substituents is 1. The van der Waals surface area contributed by atoms with Gasteiger partial charge in [-0.05, 0) is 72.3 Å². The fourth-order valence-corrected chi connectivity index (χ4v) is 5.35. The van der Waals surface area contributed by atoms with Crippen molar-refractivity contribution in [1.29, 1.82) is 0 Å². The largest absolute Gasteiger partial charge is 0.508 e. The first-order chi connectivity index (χ1) is 17.8. The van der Waals surface area contributed by atoms with Gasteiger partial charge in [0.15, 0.2) is 5.82 Å². The van der Waals surface area contributed by atoms with Crippen LogP contribution in [0.4, 0.5) is 0 Å². The fourth-order valence-electron chi connectivity index (χ4n) is 4.84. The number of imidazole rings is 1. The zero-order valence-electron chi connectivity index (χ0n) is 21.1. The predicted octanol–water partition coefficient (Wildman–Crippen LogP) is 3.92. The first-order valence-corrected chi connectivity index (χ1v) is 14.4. The molecule has 0 fully saturated rings. The van der Waals surface area contributed by atoms with E-state index in [1.807, 2.05) is 18.3 Å². The highest BCUT2D eigenvalue weighted by Crippen LogP contribution is 2.32. The van der Waals surface area contributed by atoms with E-state index in [1.54, 1.807) is 6.07 Å². The van der Waals surface area contributed by atoms with Gasteiger partial charge in [0, 0.05) is 31.2 Å². The number of aryl methyl sites for hydroxylation is 1. The Balaban J connectivity index is 1.28. The Morgan fingerprint density at radius 1 is 1.19 bits per heavy atom. The molecule has 0 unspecified atom stereocenters. The second kappa shape index (κ2) is 10.5.